The van der Waals surface area contributed by atoms with Crippen molar-refractivity contribution in [3.8, 4) is 0 Å². The molecule has 1 aliphatic rings. The minimum Gasteiger partial charge on any atom is -0.299 e. The van der Waals surface area contributed by atoms with Gasteiger partial charge in [0.2, 0.25) is 0 Å². The van der Waals surface area contributed by atoms with Crippen LogP contribution >= 0.6 is 0 Å². The lowest BCUT2D eigenvalue weighted by atomic mass is 9.97. The monoisotopic (exact) mass is 221 g/mol. The molecule has 1 aliphatic carbocycles. The number of rotatable bonds is 5. The van der Waals surface area contributed by atoms with E-state index in [-0.39, 0.29) is 5.41 Å². The molecule has 0 amide bonds. The highest BCUT2D eigenvalue weighted by Gasteiger charge is 2.48. The van der Waals surface area contributed by atoms with Gasteiger partial charge in [-0.3, -0.25) is 4.79 Å². The number of aromatic nitrogens is 3. The van der Waals surface area contributed by atoms with Crippen molar-refractivity contribution in [1.29, 1.82) is 0 Å². The Kier molecular flexibility index (Phi) is 2.82. The summed E-state index contributed by atoms with van der Waals surface area (Å²) in [7, 11) is 0. The number of carbonyl (C=O) groups excluding carboxylic acids is 1. The Labute approximate surface area is 96.1 Å². The molecule has 0 atom stereocenters. The molecule has 1 heterocycles. The third-order valence-corrected chi connectivity index (χ3v) is 3.33. The maximum Gasteiger partial charge on any atom is 0.138 e. The Bertz CT molecular complexity index is 391. The van der Waals surface area contributed by atoms with Crippen LogP contribution in [0.4, 0.5) is 0 Å². The van der Waals surface area contributed by atoms with E-state index in [1.807, 2.05) is 4.68 Å². The molecule has 1 aromatic rings. The highest BCUT2D eigenvalue weighted by atomic mass is 16.1. The summed E-state index contributed by atoms with van der Waals surface area (Å²) in [5.74, 6) is 1.81. The Morgan fingerprint density at radius 1 is 1.56 bits per heavy atom. The van der Waals surface area contributed by atoms with Gasteiger partial charge < -0.3 is 0 Å². The van der Waals surface area contributed by atoms with E-state index in [2.05, 4.69) is 23.9 Å². The number of ketones is 1. The van der Waals surface area contributed by atoms with Crippen molar-refractivity contribution in [2.75, 3.05) is 0 Å². The molecule has 88 valence electrons. The van der Waals surface area contributed by atoms with Gasteiger partial charge in [-0.1, -0.05) is 13.8 Å². The number of hydrogen-bond acceptors (Lipinski definition) is 3. The van der Waals surface area contributed by atoms with Crippen LogP contribution in [-0.2, 0) is 17.8 Å². The van der Waals surface area contributed by atoms with Gasteiger partial charge in [0.1, 0.15) is 17.9 Å². The summed E-state index contributed by atoms with van der Waals surface area (Å²) in [6.07, 6.45) is 4.37. The van der Waals surface area contributed by atoms with Crippen LogP contribution in [0.2, 0.25) is 0 Å². The number of Topliss-reactive ketones (excluding diaryl/α,β-unsaturated/α-hetero) is 1. The Hall–Kier alpha value is -1.19. The third kappa shape index (κ3) is 2.15. The van der Waals surface area contributed by atoms with Crippen LogP contribution in [-0.4, -0.2) is 20.5 Å². The fourth-order valence-electron chi connectivity index (χ4n) is 2.03. The second-order valence-electron chi connectivity index (χ2n) is 5.27. The maximum atomic E-state index is 11.5. The van der Waals surface area contributed by atoms with E-state index in [0.717, 1.165) is 31.6 Å². The first kappa shape index (κ1) is 11.3. The van der Waals surface area contributed by atoms with Crippen LogP contribution < -0.4 is 0 Å². The molecule has 0 saturated heterocycles. The quantitative estimate of drug-likeness (QED) is 0.762. The van der Waals surface area contributed by atoms with Crippen LogP contribution in [0.5, 0.6) is 0 Å². The predicted octanol–water partition coefficient (Wildman–Crippen LogP) is 1.85. The van der Waals surface area contributed by atoms with Gasteiger partial charge in [-0.15, -0.1) is 0 Å². The van der Waals surface area contributed by atoms with E-state index in [0.29, 0.717) is 11.7 Å². The summed E-state index contributed by atoms with van der Waals surface area (Å²) in [6, 6.07) is 0. The number of carbonyl (C=O) groups is 1. The molecule has 4 heteroatoms. The van der Waals surface area contributed by atoms with Crippen molar-refractivity contribution in [2.45, 2.75) is 46.6 Å². The molecule has 16 heavy (non-hydrogen) atoms. The SMILES string of the molecule is CC(=O)C1(Cc2ncnn2CC(C)C)CC1. The highest BCUT2D eigenvalue weighted by Crippen LogP contribution is 2.48. The second-order valence-corrected chi connectivity index (χ2v) is 5.27. The average molecular weight is 221 g/mol. The fourth-order valence-corrected chi connectivity index (χ4v) is 2.03. The Morgan fingerprint density at radius 2 is 2.25 bits per heavy atom. The van der Waals surface area contributed by atoms with Crippen molar-refractivity contribution in [3.63, 3.8) is 0 Å². The molecule has 1 aromatic heterocycles. The summed E-state index contributed by atoms with van der Waals surface area (Å²) in [6.45, 7) is 6.88. The molecule has 0 radical (unpaired) electrons. The van der Waals surface area contributed by atoms with Gasteiger partial charge in [0.15, 0.2) is 0 Å². The van der Waals surface area contributed by atoms with Crippen molar-refractivity contribution >= 4 is 5.78 Å². The standard InChI is InChI=1S/C12H19N3O/c1-9(2)7-15-11(13-8-14-15)6-12(4-5-12)10(3)16/h8-9H,4-7H2,1-3H3. The van der Waals surface area contributed by atoms with E-state index in [1.54, 1.807) is 13.3 Å². The van der Waals surface area contributed by atoms with Gasteiger partial charge in [0.05, 0.1) is 0 Å². The van der Waals surface area contributed by atoms with E-state index in [4.69, 9.17) is 0 Å². The average Bonchev–Trinajstić information content (AvgIpc) is 2.85. The summed E-state index contributed by atoms with van der Waals surface area (Å²) in [5.41, 5.74) is -0.109. The largest absolute Gasteiger partial charge is 0.299 e. The topological polar surface area (TPSA) is 47.8 Å². The van der Waals surface area contributed by atoms with Crippen molar-refractivity contribution in [2.24, 2.45) is 11.3 Å². The summed E-state index contributed by atoms with van der Waals surface area (Å²) in [5, 5.41) is 4.22. The van der Waals surface area contributed by atoms with E-state index in [1.165, 1.54) is 0 Å². The maximum absolute atomic E-state index is 11.5. The molecule has 0 spiro atoms. The zero-order valence-electron chi connectivity index (χ0n) is 10.2. The first-order valence-electron chi connectivity index (χ1n) is 5.91. The molecule has 0 N–H and O–H groups in total. The van der Waals surface area contributed by atoms with Gasteiger partial charge >= 0.3 is 0 Å². The molecule has 4 nitrogen and oxygen atoms in total. The molecule has 2 rings (SSSR count). The molecule has 0 unspecified atom stereocenters. The minimum atomic E-state index is -0.109. The normalized spacial score (nSPS) is 17.8. The Balaban J connectivity index is 2.10. The van der Waals surface area contributed by atoms with Crippen molar-refractivity contribution < 1.29 is 4.79 Å². The third-order valence-electron chi connectivity index (χ3n) is 3.33. The number of hydrogen-bond donors (Lipinski definition) is 0. The van der Waals surface area contributed by atoms with Gasteiger partial charge in [-0.25, -0.2) is 9.67 Å². The van der Waals surface area contributed by atoms with Crippen molar-refractivity contribution in [3.05, 3.63) is 12.2 Å². The first-order valence-corrected chi connectivity index (χ1v) is 5.91. The second kappa shape index (κ2) is 4.00. The van der Waals surface area contributed by atoms with Crippen molar-refractivity contribution in [1.82, 2.24) is 14.8 Å². The lowest BCUT2D eigenvalue weighted by Crippen LogP contribution is -2.19. The van der Waals surface area contributed by atoms with Crippen LogP contribution in [0, 0.1) is 11.3 Å². The zero-order valence-corrected chi connectivity index (χ0v) is 10.2. The molecule has 0 aromatic carbocycles. The van der Waals surface area contributed by atoms with Crippen LogP contribution in [0.3, 0.4) is 0 Å². The molecule has 1 saturated carbocycles. The fraction of sp³-hybridized carbons (Fsp3) is 0.750. The van der Waals surface area contributed by atoms with Gasteiger partial charge in [-0.05, 0) is 25.7 Å². The van der Waals surface area contributed by atoms with Crippen LogP contribution in [0.1, 0.15) is 39.4 Å². The number of nitrogens with zero attached hydrogens (tertiary/aromatic N) is 3. The van der Waals surface area contributed by atoms with Crippen LogP contribution in [0.25, 0.3) is 0 Å². The predicted molar refractivity (Wildman–Crippen MR) is 60.9 cm³/mol. The van der Waals surface area contributed by atoms with E-state index < -0.39 is 0 Å². The lowest BCUT2D eigenvalue weighted by molar-refractivity contribution is -0.122. The summed E-state index contributed by atoms with van der Waals surface area (Å²) < 4.78 is 1.94. The Morgan fingerprint density at radius 3 is 2.75 bits per heavy atom. The molecule has 1 fully saturated rings. The molecule has 0 aliphatic heterocycles. The smallest absolute Gasteiger partial charge is 0.138 e. The highest BCUT2D eigenvalue weighted by molar-refractivity contribution is 5.85. The summed E-state index contributed by atoms with van der Waals surface area (Å²) >= 11 is 0. The van der Waals surface area contributed by atoms with Gasteiger partial charge in [0, 0.05) is 18.4 Å². The lowest BCUT2D eigenvalue weighted by Gasteiger charge is -2.12. The van der Waals surface area contributed by atoms with Gasteiger partial charge in [0.25, 0.3) is 0 Å². The molecular formula is C12H19N3O. The van der Waals surface area contributed by atoms with E-state index >= 15 is 0 Å². The first-order chi connectivity index (χ1) is 7.53. The molecule has 0 bridgehead atoms. The van der Waals surface area contributed by atoms with E-state index in [9.17, 15) is 4.79 Å². The zero-order chi connectivity index (χ0) is 11.8. The van der Waals surface area contributed by atoms with Gasteiger partial charge in [-0.2, -0.15) is 5.10 Å². The summed E-state index contributed by atoms with van der Waals surface area (Å²) in [4.78, 5) is 15.8. The van der Waals surface area contributed by atoms with Crippen LogP contribution in [0.15, 0.2) is 6.33 Å². The molecular weight excluding hydrogens is 202 g/mol. The minimum absolute atomic E-state index is 0.109.